The number of aromatic nitrogens is 3. The molecule has 27 heteroatoms. The Hall–Kier alpha value is -7.66. The number of nitrogens with zero attached hydrogens (tertiary/aromatic N) is 7. The van der Waals surface area contributed by atoms with Crippen LogP contribution in [0.1, 0.15) is 136 Å². The maximum Gasteiger partial charge on any atom is 0.282 e. The van der Waals surface area contributed by atoms with Crippen LogP contribution in [0.3, 0.4) is 0 Å². The van der Waals surface area contributed by atoms with E-state index in [9.17, 15) is 47.9 Å². The Labute approximate surface area is 506 Å². The zero-order chi connectivity index (χ0) is 60.5. The number of hydrogen-bond acceptors (Lipinski definition) is 25. The number of ether oxygens (including phenoxy) is 1. The molecule has 4 aliphatic carbocycles. The van der Waals surface area contributed by atoms with E-state index in [0.29, 0.717) is 65.5 Å². The quantitative estimate of drug-likeness (QED) is 0.0443. The largest absolute Gasteiger partial charge is 0.497 e. The Morgan fingerprint density at radius 2 is 1.14 bits per heavy atom. The number of hydrazine groups is 1. The standard InChI is InChI=1S/C31H34N6O6S2.C27H30N6O5S2/c1-18-37(26-22(38)10-11-23(39)29(26)44-18)34-13-5-15-36(2)14-4-12-32-21-16-24(40)28-25(27(21)41)35-31(45-28)30(42)33-17-19-6-8-20(43-3)9-7-19;1-15-30-21-22(36)16(14-19(35)24(21)39-15)28-7-5-9-32(2)10-6-8-29-17-13-18(34)20-25(23(17)37)40-26(31-20)27(38)33-11-3-4-12-33/h6-11,16,18,32,34H,4-5,12-15,17H2,1-3H3,(H,33,42);13-14,28-29H,3-12H2,1-2H3. The van der Waals surface area contributed by atoms with Crippen molar-refractivity contribution in [2.75, 3.05) is 86.7 Å². The second-order valence-corrected chi connectivity index (χ2v) is 25.2. The first-order valence-electron chi connectivity index (χ1n) is 27.8. The topological polar surface area (TPSA) is 292 Å². The fourth-order valence-electron chi connectivity index (χ4n) is 9.81. The monoisotopic (exact) mass is 1230 g/mol. The van der Waals surface area contributed by atoms with Crippen LogP contribution in [0.4, 0.5) is 0 Å². The summed E-state index contributed by atoms with van der Waals surface area (Å²) in [6.45, 7) is 10.6. The van der Waals surface area contributed by atoms with Crippen LogP contribution in [0.5, 0.6) is 5.75 Å². The third kappa shape index (κ3) is 14.7. The number of thioether (sulfide) groups is 1. The molecule has 3 aromatic heterocycles. The smallest absolute Gasteiger partial charge is 0.282 e. The lowest BCUT2D eigenvalue weighted by atomic mass is 10.0. The number of rotatable bonds is 25. The molecule has 5 N–H and O–H groups in total. The third-order valence-electron chi connectivity index (χ3n) is 14.3. The SMILES string of the molecule is COc1ccc(CNC(=O)c2nc3c(s2)C(=O)C=C(NCCCN(C)CCCNN2C4=C(SC2C)C(=O)C=CC4=O)C3=O)cc1.Cc1nc2c(s1)C(=O)C=C(NCCCN(C)CCCNC1=CC(=O)c3nc(C(=O)N4CCCC4)sc3C1=O)C2=O. The minimum Gasteiger partial charge on any atom is -0.497 e. The molecule has 2 amide bonds. The Bertz CT molecular complexity index is 3510. The average Bonchev–Trinajstić information content (AvgIpc) is 3.82. The molecule has 0 radical (unpaired) electrons. The summed E-state index contributed by atoms with van der Waals surface area (Å²) in [7, 11) is 5.56. The lowest BCUT2D eigenvalue weighted by Gasteiger charge is -2.27. The highest BCUT2D eigenvalue weighted by atomic mass is 32.2. The first-order valence-corrected chi connectivity index (χ1v) is 31.1. The van der Waals surface area contributed by atoms with Crippen molar-refractivity contribution in [2.24, 2.45) is 0 Å². The van der Waals surface area contributed by atoms with Gasteiger partial charge in [0.1, 0.15) is 43.2 Å². The van der Waals surface area contributed by atoms with Gasteiger partial charge in [0.2, 0.25) is 28.9 Å². The number of allylic oxidation sites excluding steroid dienone is 9. The number of likely N-dealkylation sites (tertiary alicyclic amines) is 1. The van der Waals surface area contributed by atoms with Crippen molar-refractivity contribution in [2.45, 2.75) is 64.3 Å². The minimum absolute atomic E-state index is 0.00173. The van der Waals surface area contributed by atoms with Crippen LogP contribution in [0, 0.1) is 6.92 Å². The summed E-state index contributed by atoms with van der Waals surface area (Å²) in [5.74, 6) is -2.13. The minimum atomic E-state index is -0.455. The van der Waals surface area contributed by atoms with Gasteiger partial charge in [-0.2, -0.15) is 0 Å². The molecule has 1 atom stereocenters. The third-order valence-corrected chi connectivity index (χ3v) is 18.6. The molecular weight excluding hydrogens is 1170 g/mol. The zero-order valence-corrected chi connectivity index (χ0v) is 50.8. The highest BCUT2D eigenvalue weighted by Gasteiger charge is 2.38. The predicted molar refractivity (Wildman–Crippen MR) is 321 cm³/mol. The molecule has 5 heterocycles. The number of fused-ring (bicyclic) bond motifs is 3. The van der Waals surface area contributed by atoms with E-state index in [1.165, 1.54) is 53.5 Å². The van der Waals surface area contributed by atoms with E-state index in [1.54, 1.807) is 36.1 Å². The summed E-state index contributed by atoms with van der Waals surface area (Å²) in [5.41, 5.74) is 5.57. The van der Waals surface area contributed by atoms with Gasteiger partial charge in [-0.15, -0.1) is 34.0 Å². The molecule has 10 rings (SSSR count). The van der Waals surface area contributed by atoms with Crippen molar-refractivity contribution in [1.29, 1.82) is 0 Å². The zero-order valence-electron chi connectivity index (χ0n) is 47.5. The van der Waals surface area contributed by atoms with Gasteiger partial charge in [-0.05, 0) is 122 Å². The van der Waals surface area contributed by atoms with E-state index in [4.69, 9.17) is 4.74 Å². The number of benzene rings is 1. The van der Waals surface area contributed by atoms with Gasteiger partial charge < -0.3 is 40.7 Å². The summed E-state index contributed by atoms with van der Waals surface area (Å²) in [6.07, 6.45) is 11.5. The fourth-order valence-corrected chi connectivity index (χ4v) is 13.6. The molecule has 0 saturated carbocycles. The molecule has 0 spiro atoms. The molecule has 1 unspecified atom stereocenters. The number of aryl methyl sites for hydroxylation is 1. The molecular formula is C58H64N12O11S4. The van der Waals surface area contributed by atoms with Gasteiger partial charge in [0.25, 0.3) is 11.8 Å². The predicted octanol–water partition coefficient (Wildman–Crippen LogP) is 4.73. The summed E-state index contributed by atoms with van der Waals surface area (Å²) in [4.78, 5) is 146. The molecule has 1 fully saturated rings. The summed E-state index contributed by atoms with van der Waals surface area (Å²) < 4.78 is 5.14. The lowest BCUT2D eigenvalue weighted by molar-refractivity contribution is -0.116. The van der Waals surface area contributed by atoms with Crippen LogP contribution in [0.15, 0.2) is 82.3 Å². The Balaban J connectivity index is 0.000000205. The molecule has 85 heavy (non-hydrogen) atoms. The molecule has 23 nitrogen and oxygen atoms in total. The van der Waals surface area contributed by atoms with Gasteiger partial charge in [-0.3, -0.25) is 53.0 Å². The van der Waals surface area contributed by atoms with Gasteiger partial charge in [0, 0.05) is 64.0 Å². The number of carbonyl (C=O) groups is 10. The van der Waals surface area contributed by atoms with Crippen molar-refractivity contribution < 1.29 is 52.7 Å². The maximum atomic E-state index is 13.0. The van der Waals surface area contributed by atoms with Crippen molar-refractivity contribution >= 4 is 104 Å². The average molecular weight is 1230 g/mol. The van der Waals surface area contributed by atoms with Crippen LogP contribution >= 0.6 is 45.8 Å². The van der Waals surface area contributed by atoms with Crippen LogP contribution in [0.25, 0.3) is 0 Å². The number of nitrogens with one attached hydrogen (secondary N) is 5. The molecule has 1 saturated heterocycles. The van der Waals surface area contributed by atoms with Crippen molar-refractivity contribution in [3.63, 3.8) is 0 Å². The number of thiazole rings is 3. The normalized spacial score (nSPS) is 17.2. The van der Waals surface area contributed by atoms with E-state index in [2.05, 4.69) is 51.4 Å². The van der Waals surface area contributed by atoms with Crippen molar-refractivity contribution in [3.8, 4) is 5.75 Å². The molecule has 1 aromatic carbocycles. The molecule has 4 aromatic rings. The van der Waals surface area contributed by atoms with Crippen LogP contribution in [-0.4, -0.2) is 185 Å². The molecule has 2 aliphatic heterocycles. The summed E-state index contributed by atoms with van der Waals surface area (Å²) >= 11 is 4.54. The Kier molecular flexibility index (Phi) is 20.4. The van der Waals surface area contributed by atoms with Crippen LogP contribution < -0.4 is 31.4 Å². The number of Topliss-reactive ketones (excluding diaryl/α,β-unsaturated/α-hetero) is 3. The first-order chi connectivity index (χ1) is 40.9. The molecule has 446 valence electrons. The van der Waals surface area contributed by atoms with E-state index in [-0.39, 0.29) is 112 Å². The van der Waals surface area contributed by atoms with Crippen molar-refractivity contribution in [1.82, 2.24) is 61.4 Å². The van der Waals surface area contributed by atoms with E-state index in [1.807, 2.05) is 33.2 Å². The Morgan fingerprint density at radius 3 is 1.74 bits per heavy atom. The number of ketones is 8. The fraction of sp³-hybridized carbons (Fsp3) is 0.397. The second kappa shape index (κ2) is 28.0. The number of amides is 2. The van der Waals surface area contributed by atoms with Crippen LogP contribution in [0.2, 0.25) is 0 Å². The van der Waals surface area contributed by atoms with Crippen LogP contribution in [-0.2, 0) is 16.1 Å². The van der Waals surface area contributed by atoms with E-state index >= 15 is 0 Å². The van der Waals surface area contributed by atoms with Gasteiger partial charge in [0.15, 0.2) is 27.4 Å². The molecule has 6 aliphatic rings. The lowest BCUT2D eigenvalue weighted by Crippen LogP contribution is -2.43. The van der Waals surface area contributed by atoms with E-state index < -0.39 is 11.7 Å². The number of hydrogen-bond donors (Lipinski definition) is 5. The van der Waals surface area contributed by atoms with E-state index in [0.717, 1.165) is 92.9 Å². The second-order valence-electron chi connectivity index (χ2n) is 20.6. The Morgan fingerprint density at radius 1 is 0.624 bits per heavy atom. The van der Waals surface area contributed by atoms with Gasteiger partial charge in [-0.25, -0.2) is 20.4 Å². The van der Waals surface area contributed by atoms with Crippen molar-refractivity contribution in [3.05, 3.63) is 135 Å². The highest BCUT2D eigenvalue weighted by molar-refractivity contribution is 8.04. The van der Waals surface area contributed by atoms with Gasteiger partial charge >= 0.3 is 0 Å². The summed E-state index contributed by atoms with van der Waals surface area (Å²) in [6, 6.07) is 7.26. The highest BCUT2D eigenvalue weighted by Crippen LogP contribution is 2.39. The number of methoxy groups -OCH3 is 1. The summed E-state index contributed by atoms with van der Waals surface area (Å²) in [5, 5.41) is 14.7. The first kappa shape index (κ1) is 61.9. The number of carbonyl (C=O) groups excluding carboxylic acids is 10. The van der Waals surface area contributed by atoms with Gasteiger partial charge in [-0.1, -0.05) is 23.9 Å². The molecule has 0 bridgehead atoms. The van der Waals surface area contributed by atoms with Gasteiger partial charge in [0.05, 0.1) is 39.5 Å². The maximum absolute atomic E-state index is 13.0.